The quantitative estimate of drug-likeness (QED) is 0.568. The lowest BCUT2D eigenvalue weighted by molar-refractivity contribution is 0.269. The zero-order valence-corrected chi connectivity index (χ0v) is 15.1. The third-order valence-corrected chi connectivity index (χ3v) is 4.02. The van der Waals surface area contributed by atoms with E-state index in [1.807, 2.05) is 0 Å². The summed E-state index contributed by atoms with van der Waals surface area (Å²) in [5.41, 5.74) is -0.107. The molecule has 3 N–H and O–H groups in total. The minimum absolute atomic E-state index is 0.0306. The number of aromatic nitrogens is 4. The molecule has 142 valence electrons. The van der Waals surface area contributed by atoms with Crippen LogP contribution in [0, 0.1) is 11.6 Å². The van der Waals surface area contributed by atoms with Gasteiger partial charge in [-0.2, -0.15) is 10.1 Å². The second-order valence-corrected chi connectivity index (χ2v) is 6.11. The van der Waals surface area contributed by atoms with E-state index in [0.29, 0.717) is 12.4 Å². The summed E-state index contributed by atoms with van der Waals surface area (Å²) in [5, 5.41) is 19.1. The molecule has 0 saturated carbocycles. The van der Waals surface area contributed by atoms with Crippen LogP contribution < -0.4 is 10.6 Å². The fraction of sp³-hybridized carbons (Fsp3) is 0.235. The van der Waals surface area contributed by atoms with Crippen molar-refractivity contribution in [3.05, 3.63) is 58.9 Å². The second-order valence-electron chi connectivity index (χ2n) is 5.70. The normalized spacial score (nSPS) is 12.0. The standard InChI is InChI=1S/C17H17ClF2N6O/c1-10(15-12(19)3-2-4-13(15)20)22-16-11(18)9-21-17(24-16)23-14-5-6-26(25-14)7-8-27/h2-6,9-10,27H,7-8H2,1H3,(H2,21,22,23,24,25). The van der Waals surface area contributed by atoms with Gasteiger partial charge in [0.25, 0.3) is 0 Å². The molecule has 0 spiro atoms. The average Bonchev–Trinajstić information content (AvgIpc) is 3.05. The fourth-order valence-corrected chi connectivity index (χ4v) is 2.65. The molecule has 0 bridgehead atoms. The Morgan fingerprint density at radius 1 is 1.26 bits per heavy atom. The molecule has 0 aliphatic rings. The molecule has 0 aliphatic heterocycles. The molecule has 0 saturated heterocycles. The Hall–Kier alpha value is -2.78. The first-order valence-corrected chi connectivity index (χ1v) is 8.50. The molecule has 3 aromatic rings. The zero-order valence-electron chi connectivity index (χ0n) is 14.3. The van der Waals surface area contributed by atoms with E-state index in [2.05, 4.69) is 25.7 Å². The van der Waals surface area contributed by atoms with Crippen LogP contribution in [0.25, 0.3) is 0 Å². The molecule has 10 heteroatoms. The Kier molecular flexibility index (Phi) is 5.82. The van der Waals surface area contributed by atoms with Crippen LogP contribution in [0.5, 0.6) is 0 Å². The van der Waals surface area contributed by atoms with Gasteiger partial charge >= 0.3 is 0 Å². The predicted molar refractivity (Wildman–Crippen MR) is 98.0 cm³/mol. The largest absolute Gasteiger partial charge is 0.394 e. The first-order valence-electron chi connectivity index (χ1n) is 8.12. The highest BCUT2D eigenvalue weighted by Crippen LogP contribution is 2.28. The minimum atomic E-state index is -0.713. The summed E-state index contributed by atoms with van der Waals surface area (Å²) in [6, 6.07) is 4.66. The van der Waals surface area contributed by atoms with Crippen molar-refractivity contribution in [3.8, 4) is 0 Å². The van der Waals surface area contributed by atoms with Gasteiger partial charge in [-0.05, 0) is 19.1 Å². The predicted octanol–water partition coefficient (Wildman–Crippen LogP) is 3.51. The lowest BCUT2D eigenvalue weighted by atomic mass is 10.1. The number of aliphatic hydroxyl groups is 1. The van der Waals surface area contributed by atoms with Crippen molar-refractivity contribution in [1.82, 2.24) is 19.7 Å². The molecule has 0 aliphatic carbocycles. The monoisotopic (exact) mass is 394 g/mol. The smallest absolute Gasteiger partial charge is 0.230 e. The van der Waals surface area contributed by atoms with E-state index in [4.69, 9.17) is 16.7 Å². The van der Waals surface area contributed by atoms with E-state index in [1.54, 1.807) is 23.9 Å². The Labute approximate surface area is 159 Å². The van der Waals surface area contributed by atoms with E-state index in [-0.39, 0.29) is 29.0 Å². The minimum Gasteiger partial charge on any atom is -0.394 e. The van der Waals surface area contributed by atoms with E-state index < -0.39 is 17.7 Å². The molecule has 0 radical (unpaired) electrons. The molecular formula is C17H17ClF2N6O. The van der Waals surface area contributed by atoms with Crippen molar-refractivity contribution in [1.29, 1.82) is 0 Å². The Balaban J connectivity index is 1.78. The topological polar surface area (TPSA) is 87.9 Å². The maximum Gasteiger partial charge on any atom is 0.230 e. The van der Waals surface area contributed by atoms with Crippen LogP contribution in [-0.2, 0) is 6.54 Å². The maximum absolute atomic E-state index is 13.9. The van der Waals surface area contributed by atoms with Gasteiger partial charge in [0.15, 0.2) is 11.6 Å². The first kappa shape index (κ1) is 19.0. The summed E-state index contributed by atoms with van der Waals surface area (Å²) in [7, 11) is 0. The maximum atomic E-state index is 13.9. The van der Waals surface area contributed by atoms with Gasteiger partial charge in [0.05, 0.1) is 25.4 Å². The molecule has 1 aromatic carbocycles. The van der Waals surface area contributed by atoms with Gasteiger partial charge in [0.1, 0.15) is 16.7 Å². The first-order chi connectivity index (χ1) is 13.0. The van der Waals surface area contributed by atoms with Crippen molar-refractivity contribution >= 4 is 29.2 Å². The number of anilines is 3. The van der Waals surface area contributed by atoms with Gasteiger partial charge in [-0.1, -0.05) is 17.7 Å². The molecule has 3 rings (SSSR count). The molecule has 1 unspecified atom stereocenters. The van der Waals surface area contributed by atoms with Crippen LogP contribution in [0.1, 0.15) is 18.5 Å². The van der Waals surface area contributed by atoms with Crippen LogP contribution in [0.4, 0.5) is 26.4 Å². The highest BCUT2D eigenvalue weighted by Gasteiger charge is 2.18. The summed E-state index contributed by atoms with van der Waals surface area (Å²) in [6.07, 6.45) is 3.06. The molecule has 7 nitrogen and oxygen atoms in total. The van der Waals surface area contributed by atoms with Gasteiger partial charge < -0.3 is 15.7 Å². The number of nitrogens with zero attached hydrogens (tertiary/aromatic N) is 4. The van der Waals surface area contributed by atoms with Gasteiger partial charge in [0.2, 0.25) is 5.95 Å². The molecule has 0 amide bonds. The van der Waals surface area contributed by atoms with Crippen molar-refractivity contribution in [2.24, 2.45) is 0 Å². The van der Waals surface area contributed by atoms with Gasteiger partial charge in [0, 0.05) is 17.8 Å². The van der Waals surface area contributed by atoms with Crippen LogP contribution in [0.15, 0.2) is 36.7 Å². The van der Waals surface area contributed by atoms with Crippen LogP contribution >= 0.6 is 11.6 Å². The SMILES string of the molecule is CC(Nc1nc(Nc2ccn(CCO)n2)ncc1Cl)c1c(F)cccc1F. The van der Waals surface area contributed by atoms with Crippen LogP contribution in [0.3, 0.4) is 0 Å². The lowest BCUT2D eigenvalue weighted by Crippen LogP contribution is -2.13. The third-order valence-electron chi connectivity index (χ3n) is 3.74. The molecule has 1 atom stereocenters. The lowest BCUT2D eigenvalue weighted by Gasteiger charge is -2.17. The number of hydrogen-bond acceptors (Lipinski definition) is 6. The summed E-state index contributed by atoms with van der Waals surface area (Å²) in [6.45, 7) is 1.93. The zero-order chi connectivity index (χ0) is 19.4. The van der Waals surface area contributed by atoms with E-state index in [0.717, 1.165) is 0 Å². The third kappa shape index (κ3) is 4.50. The molecule has 27 heavy (non-hydrogen) atoms. The van der Waals surface area contributed by atoms with E-state index >= 15 is 0 Å². The van der Waals surface area contributed by atoms with Crippen molar-refractivity contribution < 1.29 is 13.9 Å². The summed E-state index contributed by atoms with van der Waals surface area (Å²) in [5.74, 6) is -0.415. The molecule has 0 fully saturated rings. The number of nitrogens with one attached hydrogen (secondary N) is 2. The van der Waals surface area contributed by atoms with Crippen molar-refractivity contribution in [2.75, 3.05) is 17.2 Å². The number of benzene rings is 1. The number of aliphatic hydroxyl groups excluding tert-OH is 1. The fourth-order valence-electron chi connectivity index (χ4n) is 2.50. The van der Waals surface area contributed by atoms with Gasteiger partial charge in [-0.3, -0.25) is 4.68 Å². The number of hydrogen-bond donors (Lipinski definition) is 3. The summed E-state index contributed by atoms with van der Waals surface area (Å²) < 4.78 is 29.5. The Morgan fingerprint density at radius 3 is 2.70 bits per heavy atom. The number of rotatable bonds is 7. The van der Waals surface area contributed by atoms with Crippen LogP contribution in [0.2, 0.25) is 5.02 Å². The summed E-state index contributed by atoms with van der Waals surface area (Å²) >= 11 is 6.11. The molecular weight excluding hydrogens is 378 g/mol. The van der Waals surface area contributed by atoms with Gasteiger partial charge in [-0.25, -0.2) is 13.8 Å². The van der Waals surface area contributed by atoms with Crippen molar-refractivity contribution in [3.63, 3.8) is 0 Å². The second kappa shape index (κ2) is 8.28. The molecule has 2 aromatic heterocycles. The average molecular weight is 395 g/mol. The number of halogens is 3. The van der Waals surface area contributed by atoms with E-state index in [1.165, 1.54) is 24.4 Å². The van der Waals surface area contributed by atoms with Crippen molar-refractivity contribution in [2.45, 2.75) is 19.5 Å². The summed E-state index contributed by atoms with van der Waals surface area (Å²) in [4.78, 5) is 8.30. The Bertz CT molecular complexity index is 915. The Morgan fingerprint density at radius 2 is 2.00 bits per heavy atom. The van der Waals surface area contributed by atoms with Gasteiger partial charge in [-0.15, -0.1) is 0 Å². The van der Waals surface area contributed by atoms with Crippen LogP contribution in [-0.4, -0.2) is 31.5 Å². The van der Waals surface area contributed by atoms with E-state index in [9.17, 15) is 8.78 Å². The molecule has 2 heterocycles. The highest BCUT2D eigenvalue weighted by atomic mass is 35.5. The highest BCUT2D eigenvalue weighted by molar-refractivity contribution is 6.32.